The number of unbranched alkanes of at least 4 members (excludes halogenated alkanes) is 1. The van der Waals surface area contributed by atoms with E-state index >= 15 is 0 Å². The minimum atomic E-state index is 0.201. The van der Waals surface area contributed by atoms with Gasteiger partial charge in [-0.1, -0.05) is 25.1 Å². The number of hydrogen-bond donors (Lipinski definition) is 1. The molecule has 0 radical (unpaired) electrons. The fourth-order valence-corrected chi connectivity index (χ4v) is 2.36. The summed E-state index contributed by atoms with van der Waals surface area (Å²) in [5.74, 6) is 1.10. The molecule has 1 aliphatic heterocycles. The van der Waals surface area contributed by atoms with Crippen LogP contribution in [0.4, 0.5) is 0 Å². The standard InChI is InChI=1S/C11H22N2OS/c1-4-5-7-14-8-6-12-10-13-11(2,3)9-15-10/h4-9H2,1-3H3,(H,12,13). The molecule has 0 bridgehead atoms. The SMILES string of the molecule is CCCCOCCN=C1NC(C)(C)CS1. The lowest BCUT2D eigenvalue weighted by Gasteiger charge is -2.15. The molecule has 1 heterocycles. The molecule has 0 atom stereocenters. The second-order valence-electron chi connectivity index (χ2n) is 4.45. The van der Waals surface area contributed by atoms with Crippen molar-refractivity contribution in [3.05, 3.63) is 0 Å². The van der Waals surface area contributed by atoms with Gasteiger partial charge < -0.3 is 10.1 Å². The van der Waals surface area contributed by atoms with Crippen LogP contribution >= 0.6 is 11.8 Å². The van der Waals surface area contributed by atoms with Crippen molar-refractivity contribution in [2.75, 3.05) is 25.5 Å². The van der Waals surface area contributed by atoms with Crippen LogP contribution in [0.5, 0.6) is 0 Å². The lowest BCUT2D eigenvalue weighted by atomic mass is 10.1. The van der Waals surface area contributed by atoms with Gasteiger partial charge in [0.1, 0.15) is 0 Å². The Labute approximate surface area is 97.1 Å². The van der Waals surface area contributed by atoms with Crippen LogP contribution in [-0.4, -0.2) is 36.2 Å². The van der Waals surface area contributed by atoms with Crippen LogP contribution in [0, 0.1) is 0 Å². The van der Waals surface area contributed by atoms with E-state index < -0.39 is 0 Å². The number of nitrogens with zero attached hydrogens (tertiary/aromatic N) is 1. The Bertz CT molecular complexity index is 217. The van der Waals surface area contributed by atoms with Crippen LogP contribution in [0.25, 0.3) is 0 Å². The van der Waals surface area contributed by atoms with E-state index in [1.54, 1.807) is 11.8 Å². The van der Waals surface area contributed by atoms with Crippen LogP contribution in [0.2, 0.25) is 0 Å². The van der Waals surface area contributed by atoms with Crippen molar-refractivity contribution >= 4 is 16.9 Å². The number of thioether (sulfide) groups is 1. The first kappa shape index (κ1) is 12.8. The number of hydrogen-bond acceptors (Lipinski definition) is 3. The normalized spacial score (nSPS) is 21.9. The average molecular weight is 230 g/mol. The maximum atomic E-state index is 5.44. The predicted octanol–water partition coefficient (Wildman–Crippen LogP) is 2.27. The molecule has 4 heteroatoms. The van der Waals surface area contributed by atoms with Crippen molar-refractivity contribution < 1.29 is 4.74 Å². The summed E-state index contributed by atoms with van der Waals surface area (Å²) in [4.78, 5) is 4.46. The highest BCUT2D eigenvalue weighted by molar-refractivity contribution is 8.14. The highest BCUT2D eigenvalue weighted by atomic mass is 32.2. The molecule has 88 valence electrons. The second kappa shape index (κ2) is 6.38. The molecule has 0 saturated carbocycles. The van der Waals surface area contributed by atoms with E-state index in [2.05, 4.69) is 31.1 Å². The van der Waals surface area contributed by atoms with Crippen molar-refractivity contribution in [2.45, 2.75) is 39.2 Å². The maximum absolute atomic E-state index is 5.44. The number of rotatable bonds is 6. The zero-order valence-corrected chi connectivity index (χ0v) is 10.8. The summed E-state index contributed by atoms with van der Waals surface area (Å²) >= 11 is 1.80. The average Bonchev–Trinajstić information content (AvgIpc) is 2.52. The van der Waals surface area contributed by atoms with Crippen molar-refractivity contribution in [1.82, 2.24) is 5.32 Å². The minimum absolute atomic E-state index is 0.201. The molecule has 0 spiro atoms. The molecule has 0 aromatic rings. The Hall–Kier alpha value is -0.220. The fraction of sp³-hybridized carbons (Fsp3) is 0.909. The molecule has 0 aliphatic carbocycles. The van der Waals surface area contributed by atoms with E-state index in [-0.39, 0.29) is 5.54 Å². The third-order valence-corrected chi connectivity index (χ3v) is 3.52. The molecule has 3 nitrogen and oxygen atoms in total. The van der Waals surface area contributed by atoms with Gasteiger partial charge in [-0.2, -0.15) is 0 Å². The minimum Gasteiger partial charge on any atom is -0.380 e. The van der Waals surface area contributed by atoms with E-state index in [0.717, 1.165) is 37.1 Å². The topological polar surface area (TPSA) is 33.6 Å². The van der Waals surface area contributed by atoms with Gasteiger partial charge in [0.2, 0.25) is 0 Å². The Morgan fingerprint density at radius 1 is 1.47 bits per heavy atom. The molecule has 0 aromatic heterocycles. The Morgan fingerprint density at radius 2 is 2.27 bits per heavy atom. The van der Waals surface area contributed by atoms with Gasteiger partial charge in [-0.25, -0.2) is 0 Å². The largest absolute Gasteiger partial charge is 0.380 e. The molecule has 1 N–H and O–H groups in total. The summed E-state index contributed by atoms with van der Waals surface area (Å²) in [6.45, 7) is 8.94. The Balaban J connectivity index is 2.06. The van der Waals surface area contributed by atoms with Crippen molar-refractivity contribution in [3.63, 3.8) is 0 Å². The predicted molar refractivity (Wildman–Crippen MR) is 67.7 cm³/mol. The highest BCUT2D eigenvalue weighted by Crippen LogP contribution is 2.21. The van der Waals surface area contributed by atoms with Gasteiger partial charge in [0, 0.05) is 17.9 Å². The third-order valence-electron chi connectivity index (χ3n) is 2.15. The Morgan fingerprint density at radius 3 is 2.87 bits per heavy atom. The fourth-order valence-electron chi connectivity index (χ4n) is 1.26. The first-order chi connectivity index (χ1) is 7.14. The summed E-state index contributed by atoms with van der Waals surface area (Å²) in [7, 11) is 0. The molecular weight excluding hydrogens is 208 g/mol. The molecule has 15 heavy (non-hydrogen) atoms. The monoisotopic (exact) mass is 230 g/mol. The first-order valence-electron chi connectivity index (χ1n) is 5.67. The molecule has 1 fully saturated rings. The van der Waals surface area contributed by atoms with E-state index in [0.29, 0.717) is 0 Å². The molecular formula is C11H22N2OS. The van der Waals surface area contributed by atoms with Gasteiger partial charge >= 0.3 is 0 Å². The first-order valence-corrected chi connectivity index (χ1v) is 6.66. The van der Waals surface area contributed by atoms with E-state index in [1.165, 1.54) is 6.42 Å². The van der Waals surface area contributed by atoms with Gasteiger partial charge in [0.05, 0.1) is 13.2 Å². The summed E-state index contributed by atoms with van der Waals surface area (Å²) in [6.07, 6.45) is 2.34. The lowest BCUT2D eigenvalue weighted by molar-refractivity contribution is 0.139. The number of aliphatic imine (C=N–C) groups is 1. The highest BCUT2D eigenvalue weighted by Gasteiger charge is 2.26. The number of ether oxygens (including phenoxy) is 1. The quantitative estimate of drug-likeness (QED) is 0.711. The molecule has 0 amide bonds. The second-order valence-corrected chi connectivity index (χ2v) is 5.41. The van der Waals surface area contributed by atoms with Crippen LogP contribution in [0.1, 0.15) is 33.6 Å². The van der Waals surface area contributed by atoms with Crippen molar-refractivity contribution in [1.29, 1.82) is 0 Å². The number of nitrogens with one attached hydrogen (secondary N) is 1. The Kier molecular flexibility index (Phi) is 5.47. The van der Waals surface area contributed by atoms with Crippen LogP contribution in [-0.2, 0) is 4.74 Å². The molecule has 1 aliphatic rings. The summed E-state index contributed by atoms with van der Waals surface area (Å²) in [5.41, 5.74) is 0.201. The summed E-state index contributed by atoms with van der Waals surface area (Å²) in [5, 5.41) is 4.46. The zero-order chi connectivity index (χ0) is 11.1. The zero-order valence-electron chi connectivity index (χ0n) is 10.0. The van der Waals surface area contributed by atoms with Gasteiger partial charge in [-0.15, -0.1) is 0 Å². The smallest absolute Gasteiger partial charge is 0.157 e. The van der Waals surface area contributed by atoms with E-state index in [4.69, 9.17) is 4.74 Å². The summed E-state index contributed by atoms with van der Waals surface area (Å²) < 4.78 is 5.44. The van der Waals surface area contributed by atoms with Crippen molar-refractivity contribution in [3.8, 4) is 0 Å². The van der Waals surface area contributed by atoms with Gasteiger partial charge in [-0.05, 0) is 20.3 Å². The van der Waals surface area contributed by atoms with E-state index in [1.807, 2.05) is 0 Å². The van der Waals surface area contributed by atoms with Crippen LogP contribution in [0.15, 0.2) is 4.99 Å². The lowest BCUT2D eigenvalue weighted by Crippen LogP contribution is -2.37. The van der Waals surface area contributed by atoms with Crippen molar-refractivity contribution in [2.24, 2.45) is 4.99 Å². The maximum Gasteiger partial charge on any atom is 0.157 e. The molecule has 0 aromatic carbocycles. The molecule has 1 saturated heterocycles. The summed E-state index contributed by atoms with van der Waals surface area (Å²) in [6, 6.07) is 0. The van der Waals surface area contributed by atoms with Gasteiger partial charge in [0.25, 0.3) is 0 Å². The van der Waals surface area contributed by atoms with E-state index in [9.17, 15) is 0 Å². The van der Waals surface area contributed by atoms with Crippen LogP contribution < -0.4 is 5.32 Å². The molecule has 0 unspecified atom stereocenters. The number of amidine groups is 1. The third kappa shape index (κ3) is 5.42. The molecule has 1 rings (SSSR count). The van der Waals surface area contributed by atoms with Crippen LogP contribution in [0.3, 0.4) is 0 Å². The van der Waals surface area contributed by atoms with Gasteiger partial charge in [-0.3, -0.25) is 4.99 Å². The van der Waals surface area contributed by atoms with Gasteiger partial charge in [0.15, 0.2) is 5.17 Å².